The molecule has 2 saturated heterocycles. The zero-order valence-electron chi connectivity index (χ0n) is 21.1. The molecule has 2 fully saturated rings. The topological polar surface area (TPSA) is 79.9 Å². The van der Waals surface area contributed by atoms with Crippen molar-refractivity contribution < 1.29 is 9.21 Å². The largest absolute Gasteiger partial charge is 0.421 e. The highest BCUT2D eigenvalue weighted by Gasteiger charge is 2.36. The van der Waals surface area contributed by atoms with Gasteiger partial charge in [0.1, 0.15) is 11.6 Å². The first-order chi connectivity index (χ1) is 16.8. The van der Waals surface area contributed by atoms with Crippen molar-refractivity contribution in [2.75, 3.05) is 57.1 Å². The van der Waals surface area contributed by atoms with Crippen molar-refractivity contribution in [3.05, 3.63) is 41.5 Å². The van der Waals surface area contributed by atoms with Crippen LogP contribution in [-0.4, -0.2) is 80.1 Å². The maximum absolute atomic E-state index is 11.7. The Balaban J connectivity index is 1.67. The number of amides is 1. The van der Waals surface area contributed by atoms with E-state index in [9.17, 15) is 10.1 Å². The molecule has 0 radical (unpaired) electrons. The van der Waals surface area contributed by atoms with Crippen LogP contribution < -0.4 is 9.80 Å². The summed E-state index contributed by atoms with van der Waals surface area (Å²) in [6.45, 7) is 6.69. The molecule has 0 saturated carbocycles. The summed E-state index contributed by atoms with van der Waals surface area (Å²) in [6.07, 6.45) is 1.06. The van der Waals surface area contributed by atoms with Crippen LogP contribution in [0.5, 0.6) is 0 Å². The number of likely N-dealkylation sites (N-methyl/N-ethyl adjacent to an activating group) is 2. The van der Waals surface area contributed by atoms with E-state index in [-0.39, 0.29) is 11.9 Å². The molecule has 2 aromatic carbocycles. The molecule has 5 rings (SSSR count). The van der Waals surface area contributed by atoms with Gasteiger partial charge < -0.3 is 24.0 Å². The number of aromatic nitrogens is 1. The number of carbonyl (C=O) groups is 1. The second-order valence-electron chi connectivity index (χ2n) is 9.92. The number of carbonyl (C=O) groups excluding carboxylic acids is 1. The zero-order chi connectivity index (χ0) is 24.9. The van der Waals surface area contributed by atoms with Gasteiger partial charge in [-0.2, -0.15) is 10.2 Å². The number of oxazole rings is 1. The summed E-state index contributed by atoms with van der Waals surface area (Å²) in [7, 11) is 6.19. The summed E-state index contributed by atoms with van der Waals surface area (Å²) in [6, 6.07) is 13.7. The van der Waals surface area contributed by atoms with E-state index in [2.05, 4.69) is 42.1 Å². The Kier molecular flexibility index (Phi) is 5.89. The predicted octanol–water partition coefficient (Wildman–Crippen LogP) is 3.48. The van der Waals surface area contributed by atoms with Gasteiger partial charge in [0.25, 0.3) is 6.01 Å². The zero-order valence-corrected chi connectivity index (χ0v) is 21.1. The molecule has 2 aliphatic rings. The van der Waals surface area contributed by atoms with Crippen LogP contribution in [0.1, 0.15) is 24.5 Å². The van der Waals surface area contributed by atoms with E-state index in [0.717, 1.165) is 41.9 Å². The third-order valence-electron chi connectivity index (χ3n) is 7.60. The summed E-state index contributed by atoms with van der Waals surface area (Å²) in [5.41, 5.74) is 5.85. The van der Waals surface area contributed by atoms with E-state index in [1.165, 1.54) is 0 Å². The fourth-order valence-corrected chi connectivity index (χ4v) is 5.26. The first-order valence-corrected chi connectivity index (χ1v) is 12.1. The number of rotatable bonds is 5. The summed E-state index contributed by atoms with van der Waals surface area (Å²) in [4.78, 5) is 24.9. The summed E-state index contributed by atoms with van der Waals surface area (Å²) < 4.78 is 6.49. The Labute approximate surface area is 206 Å². The fourth-order valence-electron chi connectivity index (χ4n) is 5.26. The Morgan fingerprint density at radius 2 is 1.86 bits per heavy atom. The van der Waals surface area contributed by atoms with Gasteiger partial charge in [-0.05, 0) is 38.6 Å². The van der Waals surface area contributed by atoms with Crippen molar-refractivity contribution in [2.24, 2.45) is 0 Å². The molecular formula is C27H32N6O2. The molecule has 0 aliphatic carbocycles. The Hall–Kier alpha value is -3.57. The molecule has 8 heteroatoms. The minimum atomic E-state index is 0.0777. The lowest BCUT2D eigenvalue weighted by Crippen LogP contribution is -2.60. The molecule has 182 valence electrons. The number of benzene rings is 2. The molecule has 0 N–H and O–H groups in total. The van der Waals surface area contributed by atoms with Crippen LogP contribution in [0.4, 0.5) is 11.7 Å². The molecule has 0 spiro atoms. The molecule has 3 aromatic rings. The minimum Gasteiger partial charge on any atom is -0.421 e. The molecule has 0 bridgehead atoms. The van der Waals surface area contributed by atoms with Crippen LogP contribution in [0.2, 0.25) is 0 Å². The van der Waals surface area contributed by atoms with Gasteiger partial charge >= 0.3 is 0 Å². The van der Waals surface area contributed by atoms with Gasteiger partial charge in [0.05, 0.1) is 17.3 Å². The van der Waals surface area contributed by atoms with Crippen LogP contribution in [0.15, 0.2) is 34.7 Å². The van der Waals surface area contributed by atoms with Gasteiger partial charge in [-0.3, -0.25) is 4.79 Å². The molecule has 1 atom stereocenters. The van der Waals surface area contributed by atoms with Crippen LogP contribution in [0.3, 0.4) is 0 Å². The lowest BCUT2D eigenvalue weighted by Gasteiger charge is -2.42. The molecule has 1 amide bonds. The fraction of sp³-hybridized carbons (Fsp3) is 0.444. The third kappa shape index (κ3) is 3.90. The van der Waals surface area contributed by atoms with Gasteiger partial charge in [-0.1, -0.05) is 30.3 Å². The quantitative estimate of drug-likeness (QED) is 0.562. The average molecular weight is 473 g/mol. The van der Waals surface area contributed by atoms with Gasteiger partial charge in [-0.15, -0.1) is 0 Å². The molecule has 8 nitrogen and oxygen atoms in total. The average Bonchev–Trinajstić information content (AvgIpc) is 3.45. The van der Waals surface area contributed by atoms with Crippen molar-refractivity contribution in [1.82, 2.24) is 14.8 Å². The molecule has 1 aromatic heterocycles. The minimum absolute atomic E-state index is 0.0777. The van der Waals surface area contributed by atoms with Gasteiger partial charge in [0.15, 0.2) is 5.58 Å². The van der Waals surface area contributed by atoms with Crippen molar-refractivity contribution in [1.29, 1.82) is 5.26 Å². The Morgan fingerprint density at radius 1 is 1.14 bits per heavy atom. The van der Waals surface area contributed by atoms with E-state index in [1.54, 1.807) is 11.8 Å². The lowest BCUT2D eigenvalue weighted by atomic mass is 9.93. The maximum atomic E-state index is 11.7. The number of hydrogen-bond donors (Lipinski definition) is 0. The van der Waals surface area contributed by atoms with E-state index >= 15 is 0 Å². The standard InChI is InChI=1S/C27H32N6O2/c1-17-22(13-28)24-26(35-27(29-24)31(5)21-15-33(16-21)18(2)34)25(23(17)19-9-7-6-8-10-19)32-12-11-20(14-32)30(3)4/h6-10,20-21H,11-12,14-16H2,1-5H3/t20-/m0/s1. The van der Waals surface area contributed by atoms with Crippen molar-refractivity contribution in [3.8, 4) is 17.2 Å². The molecule has 3 heterocycles. The summed E-state index contributed by atoms with van der Waals surface area (Å²) >= 11 is 0. The number of anilines is 2. The van der Waals surface area contributed by atoms with E-state index < -0.39 is 0 Å². The first kappa shape index (κ1) is 23.2. The second kappa shape index (κ2) is 8.90. The van der Waals surface area contributed by atoms with Crippen molar-refractivity contribution in [3.63, 3.8) is 0 Å². The van der Waals surface area contributed by atoms with E-state index in [0.29, 0.717) is 41.8 Å². The maximum Gasteiger partial charge on any atom is 0.298 e. The number of fused-ring (bicyclic) bond motifs is 1. The van der Waals surface area contributed by atoms with Gasteiger partial charge in [-0.25, -0.2) is 0 Å². The summed E-state index contributed by atoms with van der Waals surface area (Å²) in [5, 5.41) is 10.2. The van der Waals surface area contributed by atoms with E-state index in [1.807, 2.05) is 37.1 Å². The smallest absolute Gasteiger partial charge is 0.298 e. The number of nitrogens with zero attached hydrogens (tertiary/aromatic N) is 6. The predicted molar refractivity (Wildman–Crippen MR) is 138 cm³/mol. The molecule has 35 heavy (non-hydrogen) atoms. The number of likely N-dealkylation sites (tertiary alicyclic amines) is 1. The van der Waals surface area contributed by atoms with Crippen LogP contribution in [0.25, 0.3) is 22.2 Å². The first-order valence-electron chi connectivity index (χ1n) is 12.1. The van der Waals surface area contributed by atoms with Gasteiger partial charge in [0.2, 0.25) is 5.91 Å². The Bertz CT molecular complexity index is 1300. The van der Waals surface area contributed by atoms with Crippen molar-refractivity contribution >= 4 is 28.7 Å². The third-order valence-corrected chi connectivity index (χ3v) is 7.60. The molecule has 0 unspecified atom stereocenters. The highest BCUT2D eigenvalue weighted by atomic mass is 16.4. The Morgan fingerprint density at radius 3 is 2.46 bits per heavy atom. The molecular weight excluding hydrogens is 440 g/mol. The summed E-state index contributed by atoms with van der Waals surface area (Å²) in [5.74, 6) is 0.0777. The van der Waals surface area contributed by atoms with Gasteiger partial charge in [0, 0.05) is 51.8 Å². The lowest BCUT2D eigenvalue weighted by molar-refractivity contribution is -0.133. The van der Waals surface area contributed by atoms with Crippen LogP contribution >= 0.6 is 0 Å². The molecule has 2 aliphatic heterocycles. The number of nitriles is 1. The van der Waals surface area contributed by atoms with Crippen molar-refractivity contribution in [2.45, 2.75) is 32.4 Å². The highest BCUT2D eigenvalue weighted by Crippen LogP contribution is 2.45. The van der Waals surface area contributed by atoms with Crippen LogP contribution in [0, 0.1) is 18.3 Å². The SMILES string of the molecule is CC(=O)N1CC(N(C)c2nc3c(C#N)c(C)c(-c4ccccc4)c(N4CC[C@H](N(C)C)C4)c3o2)C1. The number of hydrogen-bond acceptors (Lipinski definition) is 7. The normalized spacial score (nSPS) is 18.3. The van der Waals surface area contributed by atoms with E-state index in [4.69, 9.17) is 9.40 Å². The monoisotopic (exact) mass is 472 g/mol. The van der Waals surface area contributed by atoms with Crippen LogP contribution in [-0.2, 0) is 4.79 Å². The second-order valence-corrected chi connectivity index (χ2v) is 9.92. The highest BCUT2D eigenvalue weighted by molar-refractivity contribution is 6.03.